The summed E-state index contributed by atoms with van der Waals surface area (Å²) < 4.78 is 5.02. The number of nitrogens with zero attached hydrogens (tertiary/aromatic N) is 1. The van der Waals surface area contributed by atoms with Crippen LogP contribution in [0.15, 0.2) is 5.38 Å². The maximum atomic E-state index is 11.9. The normalized spacial score (nSPS) is 12.4. The third-order valence-electron chi connectivity index (χ3n) is 2.38. The lowest BCUT2D eigenvalue weighted by Crippen LogP contribution is -2.41. The van der Waals surface area contributed by atoms with Crippen LogP contribution >= 0.6 is 11.3 Å². The molecular weight excluding hydrogens is 256 g/mol. The van der Waals surface area contributed by atoms with E-state index in [0.29, 0.717) is 6.61 Å². The van der Waals surface area contributed by atoms with Crippen LogP contribution in [0.3, 0.4) is 0 Å². The number of aromatic carboxylic acids is 1. The minimum absolute atomic E-state index is 0.113. The summed E-state index contributed by atoms with van der Waals surface area (Å²) in [5.74, 6) is -1.29. The molecule has 0 saturated heterocycles. The van der Waals surface area contributed by atoms with Gasteiger partial charge in [-0.1, -0.05) is 13.8 Å². The standard InChI is InChI=1S/C11H16N2O4S/c1-6(2)7(4-17-3)12-9(14)10-13-8(5-18-10)11(15)16/h5-7H,4H2,1-3H3,(H,12,14)(H,15,16). The van der Waals surface area contributed by atoms with E-state index in [4.69, 9.17) is 9.84 Å². The lowest BCUT2D eigenvalue weighted by molar-refractivity contribution is 0.0691. The largest absolute Gasteiger partial charge is 0.476 e. The summed E-state index contributed by atoms with van der Waals surface area (Å²) in [6, 6.07) is -0.125. The smallest absolute Gasteiger partial charge is 0.355 e. The molecule has 1 atom stereocenters. The van der Waals surface area contributed by atoms with Crippen LogP contribution in [-0.2, 0) is 4.74 Å². The van der Waals surface area contributed by atoms with E-state index in [9.17, 15) is 9.59 Å². The van der Waals surface area contributed by atoms with Crippen LogP contribution in [0.1, 0.15) is 34.1 Å². The Morgan fingerprint density at radius 3 is 2.67 bits per heavy atom. The van der Waals surface area contributed by atoms with Crippen molar-refractivity contribution < 1.29 is 19.4 Å². The minimum atomic E-state index is -1.14. The number of carbonyl (C=O) groups excluding carboxylic acids is 1. The quantitative estimate of drug-likeness (QED) is 0.813. The zero-order valence-electron chi connectivity index (χ0n) is 10.5. The number of rotatable bonds is 6. The summed E-state index contributed by atoms with van der Waals surface area (Å²) >= 11 is 1.01. The predicted octanol–water partition coefficient (Wildman–Crippen LogP) is 1.24. The molecule has 2 N–H and O–H groups in total. The Morgan fingerprint density at radius 2 is 2.22 bits per heavy atom. The number of carboxylic acids is 1. The molecule has 100 valence electrons. The molecule has 1 rings (SSSR count). The minimum Gasteiger partial charge on any atom is -0.476 e. The van der Waals surface area contributed by atoms with E-state index in [1.165, 1.54) is 5.38 Å². The summed E-state index contributed by atoms with van der Waals surface area (Å²) in [5, 5.41) is 13.0. The number of ether oxygens (including phenoxy) is 1. The van der Waals surface area contributed by atoms with E-state index in [1.807, 2.05) is 13.8 Å². The number of carbonyl (C=O) groups is 2. The Morgan fingerprint density at radius 1 is 1.56 bits per heavy atom. The second-order valence-corrected chi connectivity index (χ2v) is 4.98. The lowest BCUT2D eigenvalue weighted by Gasteiger charge is -2.20. The highest BCUT2D eigenvalue weighted by atomic mass is 32.1. The highest BCUT2D eigenvalue weighted by Crippen LogP contribution is 2.11. The van der Waals surface area contributed by atoms with E-state index in [2.05, 4.69) is 10.3 Å². The van der Waals surface area contributed by atoms with Gasteiger partial charge in [-0.25, -0.2) is 9.78 Å². The molecule has 1 aromatic rings. The summed E-state index contributed by atoms with van der Waals surface area (Å²) in [6.07, 6.45) is 0. The van der Waals surface area contributed by atoms with Crippen LogP contribution in [0, 0.1) is 5.92 Å². The molecule has 0 aliphatic heterocycles. The second kappa shape index (κ2) is 6.46. The van der Waals surface area contributed by atoms with Crippen molar-refractivity contribution in [3.8, 4) is 0 Å². The first-order valence-corrected chi connectivity index (χ1v) is 6.32. The van der Waals surface area contributed by atoms with Gasteiger partial charge in [0.25, 0.3) is 5.91 Å². The zero-order valence-corrected chi connectivity index (χ0v) is 11.3. The molecule has 0 saturated carbocycles. The van der Waals surface area contributed by atoms with Crippen molar-refractivity contribution in [3.63, 3.8) is 0 Å². The average Bonchev–Trinajstić information content (AvgIpc) is 2.77. The summed E-state index contributed by atoms with van der Waals surface area (Å²) in [4.78, 5) is 26.3. The van der Waals surface area contributed by atoms with Crippen molar-refractivity contribution in [2.24, 2.45) is 5.92 Å². The molecule has 1 unspecified atom stereocenters. The molecule has 0 aliphatic rings. The Bertz CT molecular complexity index is 430. The molecule has 1 heterocycles. The SMILES string of the molecule is COCC(NC(=O)c1nc(C(=O)O)cs1)C(C)C. The molecule has 1 amide bonds. The van der Waals surface area contributed by atoms with Crippen LogP contribution in [-0.4, -0.2) is 41.7 Å². The van der Waals surface area contributed by atoms with Gasteiger partial charge in [-0.3, -0.25) is 4.79 Å². The zero-order chi connectivity index (χ0) is 13.7. The van der Waals surface area contributed by atoms with Gasteiger partial charge < -0.3 is 15.2 Å². The fraction of sp³-hybridized carbons (Fsp3) is 0.545. The number of amides is 1. The third kappa shape index (κ3) is 3.78. The molecule has 7 heteroatoms. The van der Waals surface area contributed by atoms with E-state index >= 15 is 0 Å². The topological polar surface area (TPSA) is 88.5 Å². The van der Waals surface area contributed by atoms with Crippen molar-refractivity contribution in [2.45, 2.75) is 19.9 Å². The molecule has 0 bridgehead atoms. The molecule has 0 spiro atoms. The molecular formula is C11H16N2O4S. The van der Waals surface area contributed by atoms with Gasteiger partial charge in [0.05, 0.1) is 12.6 Å². The maximum Gasteiger partial charge on any atom is 0.355 e. The van der Waals surface area contributed by atoms with E-state index < -0.39 is 5.97 Å². The van der Waals surface area contributed by atoms with Crippen LogP contribution in [0.2, 0.25) is 0 Å². The van der Waals surface area contributed by atoms with E-state index in [0.717, 1.165) is 11.3 Å². The molecule has 0 aliphatic carbocycles. The van der Waals surface area contributed by atoms with Gasteiger partial charge in [-0.2, -0.15) is 0 Å². The summed E-state index contributed by atoms with van der Waals surface area (Å²) in [6.45, 7) is 4.34. The molecule has 0 radical (unpaired) electrons. The van der Waals surface area contributed by atoms with Crippen LogP contribution in [0.25, 0.3) is 0 Å². The Balaban J connectivity index is 2.71. The van der Waals surface area contributed by atoms with Gasteiger partial charge in [0.2, 0.25) is 0 Å². The first kappa shape index (κ1) is 14.6. The average molecular weight is 272 g/mol. The van der Waals surface area contributed by atoms with Gasteiger partial charge in [-0.15, -0.1) is 11.3 Å². The highest BCUT2D eigenvalue weighted by molar-refractivity contribution is 7.11. The predicted molar refractivity (Wildman–Crippen MR) is 67.0 cm³/mol. The first-order chi connectivity index (χ1) is 8.45. The molecule has 0 fully saturated rings. The number of nitrogens with one attached hydrogen (secondary N) is 1. The van der Waals surface area contributed by atoms with Crippen molar-refractivity contribution in [1.29, 1.82) is 0 Å². The number of carboxylic acid groups (broad SMARTS) is 1. The molecule has 6 nitrogen and oxygen atoms in total. The Kier molecular flexibility index (Phi) is 5.24. The number of aromatic nitrogens is 1. The maximum absolute atomic E-state index is 11.9. The van der Waals surface area contributed by atoms with Crippen molar-refractivity contribution in [3.05, 3.63) is 16.1 Å². The third-order valence-corrected chi connectivity index (χ3v) is 3.23. The van der Waals surface area contributed by atoms with Gasteiger partial charge in [0, 0.05) is 12.5 Å². The first-order valence-electron chi connectivity index (χ1n) is 5.44. The number of thiazole rings is 1. The van der Waals surface area contributed by atoms with Gasteiger partial charge in [-0.05, 0) is 5.92 Å². The highest BCUT2D eigenvalue weighted by Gasteiger charge is 2.20. The van der Waals surface area contributed by atoms with Crippen molar-refractivity contribution in [1.82, 2.24) is 10.3 Å². The molecule has 18 heavy (non-hydrogen) atoms. The van der Waals surface area contributed by atoms with Gasteiger partial charge in [0.1, 0.15) is 0 Å². The van der Waals surface area contributed by atoms with Gasteiger partial charge >= 0.3 is 5.97 Å². The van der Waals surface area contributed by atoms with Crippen LogP contribution in [0.5, 0.6) is 0 Å². The van der Waals surface area contributed by atoms with Crippen LogP contribution in [0.4, 0.5) is 0 Å². The number of methoxy groups -OCH3 is 1. The molecule has 1 aromatic heterocycles. The van der Waals surface area contributed by atoms with Gasteiger partial charge in [0.15, 0.2) is 10.7 Å². The Hall–Kier alpha value is -1.47. The number of hydrogen-bond acceptors (Lipinski definition) is 5. The van der Waals surface area contributed by atoms with E-state index in [1.54, 1.807) is 7.11 Å². The van der Waals surface area contributed by atoms with Crippen molar-refractivity contribution >= 4 is 23.2 Å². The lowest BCUT2D eigenvalue weighted by atomic mass is 10.1. The summed E-state index contributed by atoms with van der Waals surface area (Å²) in [7, 11) is 1.56. The van der Waals surface area contributed by atoms with Crippen molar-refractivity contribution in [2.75, 3.05) is 13.7 Å². The monoisotopic (exact) mass is 272 g/mol. The summed E-state index contributed by atoms with van der Waals surface area (Å²) in [5.41, 5.74) is -0.113. The van der Waals surface area contributed by atoms with E-state index in [-0.39, 0.29) is 28.6 Å². The number of hydrogen-bond donors (Lipinski definition) is 2. The fourth-order valence-electron chi connectivity index (χ4n) is 1.29. The Labute approximate surface area is 109 Å². The molecule has 0 aromatic carbocycles. The van der Waals surface area contributed by atoms with Crippen LogP contribution < -0.4 is 5.32 Å². The second-order valence-electron chi connectivity index (χ2n) is 4.12. The fourth-order valence-corrected chi connectivity index (χ4v) is 1.98.